The van der Waals surface area contributed by atoms with Crippen molar-refractivity contribution in [1.82, 2.24) is 5.32 Å². The molecule has 0 aliphatic carbocycles. The number of phenols is 1. The minimum Gasteiger partial charge on any atom is -0.508 e. The Labute approximate surface area is 199 Å². The van der Waals surface area contributed by atoms with Crippen molar-refractivity contribution in [3.63, 3.8) is 0 Å². The van der Waals surface area contributed by atoms with E-state index < -0.39 is 24.0 Å². The molecular formula is C23H36N6O5. The number of allylic oxidation sites excluding steroid dienone is 5. The van der Waals surface area contributed by atoms with Gasteiger partial charge in [0.05, 0.1) is 0 Å². The summed E-state index contributed by atoms with van der Waals surface area (Å²) in [6.45, 7) is 2.55. The second kappa shape index (κ2) is 17.7. The first-order valence-corrected chi connectivity index (χ1v) is 10.7. The average Bonchev–Trinajstić information content (AvgIpc) is 3.07. The average molecular weight is 477 g/mol. The molecule has 1 aliphatic heterocycles. The fourth-order valence-corrected chi connectivity index (χ4v) is 2.33. The highest BCUT2D eigenvalue weighted by Gasteiger charge is 2.11. The van der Waals surface area contributed by atoms with Gasteiger partial charge in [0.2, 0.25) is 0 Å². The number of benzene rings is 1. The highest BCUT2D eigenvalue weighted by molar-refractivity contribution is 5.75. The molecule has 0 saturated heterocycles. The van der Waals surface area contributed by atoms with E-state index in [4.69, 9.17) is 38.3 Å². The second-order valence-electron chi connectivity index (χ2n) is 7.14. The Hall–Kier alpha value is -3.83. The molecule has 2 atom stereocenters. The summed E-state index contributed by atoms with van der Waals surface area (Å²) in [6.07, 6.45) is 12.4. The van der Waals surface area contributed by atoms with Crippen LogP contribution in [0.4, 0.5) is 0 Å². The number of phenolic OH excluding ortho intramolecular Hbond substituents is 1. The van der Waals surface area contributed by atoms with E-state index in [1.165, 1.54) is 17.8 Å². The van der Waals surface area contributed by atoms with Crippen LogP contribution in [0.15, 0.2) is 65.5 Å². The van der Waals surface area contributed by atoms with Crippen LogP contribution in [-0.4, -0.2) is 51.8 Å². The van der Waals surface area contributed by atoms with Gasteiger partial charge in [-0.3, -0.25) is 14.6 Å². The number of aliphatic carboxylic acids is 2. The number of aliphatic imine (C=N–C) groups is 1. The summed E-state index contributed by atoms with van der Waals surface area (Å²) in [5.74, 6) is -1.85. The van der Waals surface area contributed by atoms with E-state index in [9.17, 15) is 9.59 Å². The Morgan fingerprint density at radius 2 is 1.62 bits per heavy atom. The van der Waals surface area contributed by atoms with Crippen LogP contribution in [0.2, 0.25) is 0 Å². The smallest absolute Gasteiger partial charge is 0.320 e. The third-order valence-corrected chi connectivity index (χ3v) is 4.26. The number of nitrogens with one attached hydrogen (secondary N) is 1. The van der Waals surface area contributed by atoms with Gasteiger partial charge in [-0.1, -0.05) is 31.2 Å². The van der Waals surface area contributed by atoms with Crippen molar-refractivity contribution >= 4 is 17.9 Å². The van der Waals surface area contributed by atoms with Crippen molar-refractivity contribution in [2.75, 3.05) is 6.54 Å². The molecule has 1 aromatic carbocycles. The van der Waals surface area contributed by atoms with E-state index in [1.807, 2.05) is 24.4 Å². The number of carbonyl (C=O) groups is 2. The number of aromatic hydroxyl groups is 1. The number of rotatable bonds is 9. The van der Waals surface area contributed by atoms with Gasteiger partial charge in [0.1, 0.15) is 17.8 Å². The Morgan fingerprint density at radius 3 is 2.15 bits per heavy atom. The fraction of sp³-hybridized carbons (Fsp3) is 0.348. The quantitative estimate of drug-likeness (QED) is 0.142. The minimum absolute atomic E-state index is 0.0129. The molecule has 2 rings (SSSR count). The largest absolute Gasteiger partial charge is 0.508 e. The van der Waals surface area contributed by atoms with E-state index in [0.29, 0.717) is 19.4 Å². The molecule has 1 aromatic rings. The Bertz CT molecular complexity index is 861. The lowest BCUT2D eigenvalue weighted by Crippen LogP contribution is -2.32. The van der Waals surface area contributed by atoms with Gasteiger partial charge >= 0.3 is 11.9 Å². The molecule has 34 heavy (non-hydrogen) atoms. The highest BCUT2D eigenvalue weighted by Crippen LogP contribution is 2.10. The molecule has 0 bridgehead atoms. The SMILES string of the molecule is CCC1=CC=CC=CN1.NC(Cc1ccc(O)cc1)C(=O)O.NC(N)=NCCCC(N)C(=O)O. The molecule has 11 heteroatoms. The molecule has 0 aromatic heterocycles. The molecule has 0 radical (unpaired) electrons. The molecule has 2 unspecified atom stereocenters. The molecule has 0 spiro atoms. The molecule has 11 nitrogen and oxygen atoms in total. The Balaban J connectivity index is 0.000000488. The third kappa shape index (κ3) is 15.9. The van der Waals surface area contributed by atoms with Crippen LogP contribution in [0.1, 0.15) is 31.7 Å². The normalized spacial score (nSPS) is 13.3. The van der Waals surface area contributed by atoms with Crippen LogP contribution in [0, 0.1) is 0 Å². The monoisotopic (exact) mass is 476 g/mol. The molecular weight excluding hydrogens is 440 g/mol. The number of hydrogen-bond donors (Lipinski definition) is 8. The van der Waals surface area contributed by atoms with Crippen LogP contribution in [0.3, 0.4) is 0 Å². The van der Waals surface area contributed by atoms with E-state index in [0.717, 1.165) is 12.0 Å². The molecule has 1 heterocycles. The lowest BCUT2D eigenvalue weighted by molar-refractivity contribution is -0.139. The van der Waals surface area contributed by atoms with Crippen molar-refractivity contribution in [3.8, 4) is 5.75 Å². The van der Waals surface area contributed by atoms with Crippen LogP contribution in [-0.2, 0) is 16.0 Å². The van der Waals surface area contributed by atoms with Crippen LogP contribution < -0.4 is 28.3 Å². The molecule has 0 fully saturated rings. The maximum absolute atomic E-state index is 10.4. The zero-order valence-corrected chi connectivity index (χ0v) is 19.3. The fourth-order valence-electron chi connectivity index (χ4n) is 2.33. The van der Waals surface area contributed by atoms with Crippen LogP contribution in [0.5, 0.6) is 5.75 Å². The number of nitrogens with zero attached hydrogens (tertiary/aromatic N) is 1. The summed E-state index contributed by atoms with van der Waals surface area (Å²) in [5.41, 5.74) is 22.7. The predicted molar refractivity (Wildman–Crippen MR) is 133 cm³/mol. The van der Waals surface area contributed by atoms with Crippen molar-refractivity contribution in [3.05, 3.63) is 66.0 Å². The van der Waals surface area contributed by atoms with E-state index in [2.05, 4.69) is 23.3 Å². The van der Waals surface area contributed by atoms with Crippen molar-refractivity contribution in [2.45, 2.75) is 44.7 Å². The molecule has 1 aliphatic rings. The lowest BCUT2D eigenvalue weighted by atomic mass is 10.1. The van der Waals surface area contributed by atoms with Gasteiger partial charge in [-0.15, -0.1) is 0 Å². The predicted octanol–water partition coefficient (Wildman–Crippen LogP) is 0.752. The van der Waals surface area contributed by atoms with Crippen LogP contribution >= 0.6 is 0 Å². The van der Waals surface area contributed by atoms with Crippen molar-refractivity contribution in [1.29, 1.82) is 0 Å². The van der Waals surface area contributed by atoms with E-state index in [-0.39, 0.29) is 18.1 Å². The highest BCUT2D eigenvalue weighted by atomic mass is 16.4. The zero-order valence-electron chi connectivity index (χ0n) is 19.3. The number of carboxylic acid groups (broad SMARTS) is 2. The number of carboxylic acids is 2. The summed E-state index contributed by atoms with van der Waals surface area (Å²) in [4.78, 5) is 24.3. The summed E-state index contributed by atoms with van der Waals surface area (Å²) in [7, 11) is 0. The minimum atomic E-state index is -1.02. The zero-order chi connectivity index (χ0) is 25.9. The lowest BCUT2D eigenvalue weighted by Gasteiger charge is -2.05. The number of guanidine groups is 1. The van der Waals surface area contributed by atoms with Gasteiger partial charge in [0, 0.05) is 18.4 Å². The van der Waals surface area contributed by atoms with Gasteiger partial charge in [-0.05, 0) is 55.5 Å². The summed E-state index contributed by atoms with van der Waals surface area (Å²) in [6, 6.07) is 4.60. The van der Waals surface area contributed by atoms with Crippen molar-refractivity contribution in [2.24, 2.45) is 27.9 Å². The first-order chi connectivity index (χ1) is 16.1. The number of hydrogen-bond acceptors (Lipinski definition) is 7. The topological polar surface area (TPSA) is 223 Å². The molecule has 0 saturated carbocycles. The first kappa shape index (κ1) is 30.2. The maximum Gasteiger partial charge on any atom is 0.320 e. The molecule has 0 amide bonds. The first-order valence-electron chi connectivity index (χ1n) is 10.7. The third-order valence-electron chi connectivity index (χ3n) is 4.26. The summed E-state index contributed by atoms with van der Waals surface area (Å²) < 4.78 is 0. The Morgan fingerprint density at radius 1 is 1.00 bits per heavy atom. The summed E-state index contributed by atoms with van der Waals surface area (Å²) in [5, 5.41) is 29.0. The Kier molecular flexibility index (Phi) is 15.7. The maximum atomic E-state index is 10.4. The van der Waals surface area contributed by atoms with Gasteiger partial charge in [0.15, 0.2) is 5.96 Å². The molecule has 12 N–H and O–H groups in total. The van der Waals surface area contributed by atoms with E-state index >= 15 is 0 Å². The van der Waals surface area contributed by atoms with Gasteiger partial charge in [-0.2, -0.15) is 0 Å². The van der Waals surface area contributed by atoms with Crippen LogP contribution in [0.25, 0.3) is 0 Å². The van der Waals surface area contributed by atoms with Gasteiger partial charge < -0.3 is 43.6 Å². The van der Waals surface area contributed by atoms with E-state index in [1.54, 1.807) is 12.1 Å². The standard InChI is InChI=1S/C9H11NO3.C8H11N.C6H14N4O2/c10-8(9(12)13)5-6-1-3-7(11)4-2-6;1-2-8-6-4-3-5-7-9-8;7-4(5(11)12)2-1-3-10-6(8)9/h1-4,8,11H,5,10H2,(H,12,13);3-7,9H,2H2,1H3;4H,1-3,7H2,(H,11,12)(H4,8,9,10). The number of nitrogens with two attached hydrogens (primary N) is 4. The summed E-state index contributed by atoms with van der Waals surface area (Å²) >= 11 is 0. The van der Waals surface area contributed by atoms with Gasteiger partial charge in [-0.25, -0.2) is 0 Å². The molecule has 188 valence electrons. The van der Waals surface area contributed by atoms with Gasteiger partial charge in [0.25, 0.3) is 0 Å². The van der Waals surface area contributed by atoms with Crippen molar-refractivity contribution < 1.29 is 24.9 Å². The second-order valence-corrected chi connectivity index (χ2v) is 7.14.